The van der Waals surface area contributed by atoms with Crippen molar-refractivity contribution in [3.05, 3.63) is 29.8 Å². The van der Waals surface area contributed by atoms with Gasteiger partial charge in [0.15, 0.2) is 0 Å². The predicted octanol–water partition coefficient (Wildman–Crippen LogP) is 0.433. The Kier molecular flexibility index (Phi) is 6.32. The van der Waals surface area contributed by atoms with Crippen LogP contribution in [0.15, 0.2) is 24.3 Å². The molecule has 1 rings (SSSR count). The topological polar surface area (TPSA) is 0 Å². The third kappa shape index (κ3) is 4.18. The first-order chi connectivity index (χ1) is 6.77. The minimum absolute atomic E-state index is 0. The van der Waals surface area contributed by atoms with E-state index in [0.29, 0.717) is 0 Å². The molecule has 0 saturated heterocycles. The van der Waals surface area contributed by atoms with Crippen molar-refractivity contribution in [3.63, 3.8) is 0 Å². The quantitative estimate of drug-likeness (QED) is 0.686. The van der Waals surface area contributed by atoms with Crippen LogP contribution in [0.5, 0.6) is 0 Å². The van der Waals surface area contributed by atoms with Crippen molar-refractivity contribution in [2.75, 3.05) is 0 Å². The number of hydrogen-bond donors (Lipinski definition) is 0. The van der Waals surface area contributed by atoms with E-state index in [1.807, 2.05) is 20.8 Å². The molecule has 0 aromatic heterocycles. The molecule has 0 unspecified atom stereocenters. The van der Waals surface area contributed by atoms with Crippen molar-refractivity contribution in [1.29, 1.82) is 0 Å². The van der Waals surface area contributed by atoms with Gasteiger partial charge in [-0.2, -0.15) is 0 Å². The van der Waals surface area contributed by atoms with E-state index in [0.717, 1.165) is 12.0 Å². The summed E-state index contributed by atoms with van der Waals surface area (Å²) in [6, 6.07) is 5.50. The van der Waals surface area contributed by atoms with E-state index >= 15 is 0 Å². The molecular weight excluding hydrogens is 239 g/mol. The summed E-state index contributed by atoms with van der Waals surface area (Å²) in [7, 11) is 0. The minimum atomic E-state index is -4.86. The van der Waals surface area contributed by atoms with Gasteiger partial charge in [0, 0.05) is 0 Å². The third-order valence-electron chi connectivity index (χ3n) is 2.95. The van der Waals surface area contributed by atoms with Gasteiger partial charge in [-0.3, -0.25) is 0 Å². The maximum Gasteiger partial charge on any atom is 1.00 e. The molecule has 5 heteroatoms. The van der Waals surface area contributed by atoms with Gasteiger partial charge in [-0.25, -0.2) is 0 Å². The van der Waals surface area contributed by atoms with Crippen LogP contribution < -0.4 is 56.8 Å². The summed E-state index contributed by atoms with van der Waals surface area (Å²) in [4.78, 5) is 0. The van der Waals surface area contributed by atoms with Crippen LogP contribution in [0.25, 0.3) is 0 Å². The smallest absolute Gasteiger partial charge is 0.445 e. The molecule has 0 heterocycles. The second-order valence-electron chi connectivity index (χ2n) is 4.43. The maximum atomic E-state index is 12.4. The molecule has 0 fully saturated rings. The zero-order valence-electron chi connectivity index (χ0n) is 10.2. The molecular formula is C11H15BF3K. The Balaban J connectivity index is 0.00000225. The van der Waals surface area contributed by atoms with E-state index in [9.17, 15) is 12.9 Å². The van der Waals surface area contributed by atoms with Crippen molar-refractivity contribution in [2.24, 2.45) is 0 Å². The normalized spacial score (nSPS) is 12.1. The second-order valence-corrected chi connectivity index (χ2v) is 4.43. The van der Waals surface area contributed by atoms with Gasteiger partial charge in [0.2, 0.25) is 0 Å². The summed E-state index contributed by atoms with van der Waals surface area (Å²) in [5, 5.41) is 0. The zero-order valence-corrected chi connectivity index (χ0v) is 13.4. The first kappa shape index (κ1) is 16.7. The average molecular weight is 254 g/mol. The summed E-state index contributed by atoms with van der Waals surface area (Å²) in [6.07, 6.45) is 0.906. The Labute approximate surface area is 137 Å². The largest absolute Gasteiger partial charge is 1.00 e. The van der Waals surface area contributed by atoms with Gasteiger partial charge in [-0.15, -0.1) is 5.46 Å². The fourth-order valence-electron chi connectivity index (χ4n) is 1.36. The number of benzene rings is 1. The van der Waals surface area contributed by atoms with Gasteiger partial charge in [0.25, 0.3) is 0 Å². The Hall–Kier alpha value is 0.711. The molecule has 0 radical (unpaired) electrons. The van der Waals surface area contributed by atoms with Crippen LogP contribution in [0.3, 0.4) is 0 Å². The van der Waals surface area contributed by atoms with Crippen LogP contribution in [0.4, 0.5) is 12.9 Å². The van der Waals surface area contributed by atoms with Gasteiger partial charge >= 0.3 is 58.4 Å². The molecule has 84 valence electrons. The van der Waals surface area contributed by atoms with E-state index in [2.05, 4.69) is 0 Å². The Morgan fingerprint density at radius 2 is 1.50 bits per heavy atom. The predicted molar refractivity (Wildman–Crippen MR) is 58.5 cm³/mol. The van der Waals surface area contributed by atoms with E-state index in [4.69, 9.17) is 0 Å². The van der Waals surface area contributed by atoms with E-state index in [1.165, 1.54) is 12.1 Å². The SMILES string of the molecule is CCC(C)(C)c1ccc([B-](F)(F)F)cc1.[K+]. The van der Waals surface area contributed by atoms with Crippen LogP contribution >= 0.6 is 0 Å². The third-order valence-corrected chi connectivity index (χ3v) is 2.95. The van der Waals surface area contributed by atoms with Crippen LogP contribution in [-0.2, 0) is 5.41 Å². The Morgan fingerprint density at radius 1 is 1.06 bits per heavy atom. The first-order valence-corrected chi connectivity index (χ1v) is 5.08. The Bertz CT molecular complexity index is 330. The molecule has 0 aliphatic carbocycles. The molecule has 1 aromatic rings. The van der Waals surface area contributed by atoms with Crippen molar-refractivity contribution in [1.82, 2.24) is 0 Å². The molecule has 0 saturated carbocycles. The fraction of sp³-hybridized carbons (Fsp3) is 0.455. The van der Waals surface area contributed by atoms with Crippen LogP contribution in [0, 0.1) is 0 Å². The second kappa shape index (κ2) is 6.05. The van der Waals surface area contributed by atoms with Crippen molar-refractivity contribution in [2.45, 2.75) is 32.6 Å². The molecule has 0 spiro atoms. The molecule has 16 heavy (non-hydrogen) atoms. The summed E-state index contributed by atoms with van der Waals surface area (Å²) in [5.41, 5.74) is 0.372. The van der Waals surface area contributed by atoms with Gasteiger partial charge in [0.1, 0.15) is 0 Å². The number of rotatable bonds is 3. The van der Waals surface area contributed by atoms with Crippen molar-refractivity contribution in [3.8, 4) is 0 Å². The standard InChI is InChI=1S/C11H15BF3.K/c1-4-11(2,3)9-5-7-10(8-6-9)12(13,14)15;/h5-8H,4H2,1-3H3;/q-1;+1. The molecule has 0 bridgehead atoms. The molecule has 0 atom stereocenters. The van der Waals surface area contributed by atoms with Gasteiger partial charge in [-0.05, 0) is 17.4 Å². The molecule has 0 aliphatic heterocycles. The van der Waals surface area contributed by atoms with Gasteiger partial charge < -0.3 is 12.9 Å². The Morgan fingerprint density at radius 3 is 1.81 bits per heavy atom. The van der Waals surface area contributed by atoms with E-state index in [-0.39, 0.29) is 56.8 Å². The van der Waals surface area contributed by atoms with E-state index < -0.39 is 12.4 Å². The summed E-state index contributed by atoms with van der Waals surface area (Å²) >= 11 is 0. The molecule has 0 amide bonds. The minimum Gasteiger partial charge on any atom is -0.445 e. The fourth-order valence-corrected chi connectivity index (χ4v) is 1.36. The van der Waals surface area contributed by atoms with Crippen LogP contribution in [0.2, 0.25) is 0 Å². The van der Waals surface area contributed by atoms with Crippen molar-refractivity contribution < 1.29 is 64.3 Å². The summed E-state index contributed by atoms with van der Waals surface area (Å²) in [5.74, 6) is 0. The zero-order chi connectivity index (χ0) is 11.7. The monoisotopic (exact) mass is 254 g/mol. The summed E-state index contributed by atoms with van der Waals surface area (Å²) in [6.45, 7) is 1.22. The van der Waals surface area contributed by atoms with Crippen LogP contribution in [0.1, 0.15) is 32.8 Å². The average Bonchev–Trinajstić information content (AvgIpc) is 2.17. The van der Waals surface area contributed by atoms with Crippen LogP contribution in [-0.4, -0.2) is 6.98 Å². The van der Waals surface area contributed by atoms with Gasteiger partial charge in [-0.1, -0.05) is 45.0 Å². The van der Waals surface area contributed by atoms with Gasteiger partial charge in [0.05, 0.1) is 0 Å². The first-order valence-electron chi connectivity index (χ1n) is 5.08. The molecule has 0 nitrogen and oxygen atoms in total. The maximum absolute atomic E-state index is 12.4. The summed E-state index contributed by atoms with van der Waals surface area (Å²) < 4.78 is 37.1. The molecule has 0 N–H and O–H groups in total. The van der Waals surface area contributed by atoms with Crippen molar-refractivity contribution >= 4 is 12.4 Å². The number of hydrogen-bond acceptors (Lipinski definition) is 0. The molecule has 1 aromatic carbocycles. The van der Waals surface area contributed by atoms with E-state index in [1.54, 1.807) is 12.1 Å². The molecule has 0 aliphatic rings. The number of halogens is 3.